The molecule has 3 nitrogen and oxygen atoms in total. The Balaban J connectivity index is 2.22. The van der Waals surface area contributed by atoms with E-state index < -0.39 is 11.0 Å². The number of aliphatic hydroxyl groups is 1. The van der Waals surface area contributed by atoms with Crippen molar-refractivity contribution in [2.45, 2.75) is 76.4 Å². The third kappa shape index (κ3) is 2.41. The monoisotopic (exact) mass is 265 g/mol. The number of nitrogens with zero attached hydrogens (tertiary/aromatic N) is 1. The van der Waals surface area contributed by atoms with Gasteiger partial charge in [-0.1, -0.05) is 26.2 Å². The third-order valence-corrected chi connectivity index (χ3v) is 5.67. The SMILES string of the molecule is CCC1CCC(C#N)(C2(O)CCCCC2OC)CC1. The van der Waals surface area contributed by atoms with Crippen LogP contribution < -0.4 is 0 Å². The van der Waals surface area contributed by atoms with Gasteiger partial charge in [-0.3, -0.25) is 0 Å². The van der Waals surface area contributed by atoms with E-state index in [1.165, 1.54) is 6.42 Å². The Morgan fingerprint density at radius 1 is 1.21 bits per heavy atom. The molecule has 2 rings (SSSR count). The van der Waals surface area contributed by atoms with Crippen molar-refractivity contribution < 1.29 is 9.84 Å². The second-order valence-corrected chi connectivity index (χ2v) is 6.44. The minimum absolute atomic E-state index is 0.168. The van der Waals surface area contributed by atoms with Gasteiger partial charge in [0.2, 0.25) is 0 Å². The maximum absolute atomic E-state index is 11.2. The van der Waals surface area contributed by atoms with Gasteiger partial charge in [0, 0.05) is 7.11 Å². The van der Waals surface area contributed by atoms with Gasteiger partial charge in [0.15, 0.2) is 0 Å². The lowest BCUT2D eigenvalue weighted by Crippen LogP contribution is -2.59. The highest BCUT2D eigenvalue weighted by Crippen LogP contribution is 2.52. The molecule has 0 aromatic heterocycles. The molecule has 0 radical (unpaired) electrons. The van der Waals surface area contributed by atoms with E-state index in [2.05, 4.69) is 13.0 Å². The van der Waals surface area contributed by atoms with E-state index in [-0.39, 0.29) is 6.10 Å². The number of hydrogen-bond donors (Lipinski definition) is 1. The number of methoxy groups -OCH3 is 1. The molecule has 2 aliphatic rings. The Morgan fingerprint density at radius 3 is 2.42 bits per heavy atom. The lowest BCUT2D eigenvalue weighted by Gasteiger charge is -2.51. The third-order valence-electron chi connectivity index (χ3n) is 5.67. The molecule has 2 fully saturated rings. The molecule has 0 aromatic rings. The van der Waals surface area contributed by atoms with Gasteiger partial charge in [0.05, 0.1) is 17.6 Å². The second-order valence-electron chi connectivity index (χ2n) is 6.44. The van der Waals surface area contributed by atoms with E-state index in [1.54, 1.807) is 7.11 Å². The summed E-state index contributed by atoms with van der Waals surface area (Å²) in [5, 5.41) is 21.0. The minimum Gasteiger partial charge on any atom is -0.386 e. The average molecular weight is 265 g/mol. The smallest absolute Gasteiger partial charge is 0.109 e. The molecule has 0 bridgehead atoms. The van der Waals surface area contributed by atoms with Gasteiger partial charge in [-0.05, 0) is 44.4 Å². The van der Waals surface area contributed by atoms with Crippen molar-refractivity contribution in [2.75, 3.05) is 7.11 Å². The summed E-state index contributed by atoms with van der Waals surface area (Å²) < 4.78 is 5.54. The van der Waals surface area contributed by atoms with Crippen LogP contribution in [0.2, 0.25) is 0 Å². The van der Waals surface area contributed by atoms with Gasteiger partial charge >= 0.3 is 0 Å². The highest BCUT2D eigenvalue weighted by molar-refractivity contribution is 5.16. The molecule has 2 unspecified atom stereocenters. The fraction of sp³-hybridized carbons (Fsp3) is 0.938. The van der Waals surface area contributed by atoms with Crippen molar-refractivity contribution in [2.24, 2.45) is 11.3 Å². The molecular weight excluding hydrogens is 238 g/mol. The van der Waals surface area contributed by atoms with Crippen LogP contribution >= 0.6 is 0 Å². The molecule has 0 heterocycles. The Bertz CT molecular complexity index is 341. The Kier molecular flexibility index (Phi) is 4.53. The minimum atomic E-state index is -0.937. The van der Waals surface area contributed by atoms with Gasteiger partial charge in [0.1, 0.15) is 5.60 Å². The quantitative estimate of drug-likeness (QED) is 0.850. The first-order valence-electron chi connectivity index (χ1n) is 7.78. The summed E-state index contributed by atoms with van der Waals surface area (Å²) in [5.41, 5.74) is -1.52. The molecular formula is C16H27NO2. The Morgan fingerprint density at radius 2 is 1.89 bits per heavy atom. The average Bonchev–Trinajstić information content (AvgIpc) is 2.47. The first-order chi connectivity index (χ1) is 9.12. The van der Waals surface area contributed by atoms with E-state index in [4.69, 9.17) is 4.74 Å². The molecule has 2 saturated carbocycles. The predicted octanol–water partition coefficient (Wildman–Crippen LogP) is 3.42. The van der Waals surface area contributed by atoms with Crippen molar-refractivity contribution in [3.63, 3.8) is 0 Å². The van der Waals surface area contributed by atoms with Crippen LogP contribution in [0.15, 0.2) is 0 Å². The Hall–Kier alpha value is -0.590. The fourth-order valence-corrected chi connectivity index (χ4v) is 4.20. The predicted molar refractivity (Wildman–Crippen MR) is 74.5 cm³/mol. The highest BCUT2D eigenvalue weighted by Gasteiger charge is 2.57. The van der Waals surface area contributed by atoms with E-state index in [9.17, 15) is 10.4 Å². The molecule has 0 saturated heterocycles. The zero-order chi connectivity index (χ0) is 13.9. The normalized spacial score (nSPS) is 43.7. The summed E-state index contributed by atoms with van der Waals surface area (Å²) in [7, 11) is 1.67. The molecule has 19 heavy (non-hydrogen) atoms. The number of rotatable bonds is 3. The van der Waals surface area contributed by atoms with Crippen molar-refractivity contribution in [3.05, 3.63) is 0 Å². The van der Waals surface area contributed by atoms with Gasteiger partial charge in [0.25, 0.3) is 0 Å². The second kappa shape index (κ2) is 5.81. The summed E-state index contributed by atoms with van der Waals surface area (Å²) in [6, 6.07) is 2.51. The van der Waals surface area contributed by atoms with E-state index >= 15 is 0 Å². The zero-order valence-electron chi connectivity index (χ0n) is 12.3. The first kappa shape index (κ1) is 14.8. The molecule has 3 heteroatoms. The summed E-state index contributed by atoms with van der Waals surface area (Å²) in [6.45, 7) is 2.22. The standard InChI is InChI=1S/C16H27NO2/c1-3-13-7-10-15(12-17,11-8-13)16(18)9-5-4-6-14(16)19-2/h13-14,18H,3-11H2,1-2H3. The lowest BCUT2D eigenvalue weighted by molar-refractivity contribution is -0.181. The summed E-state index contributed by atoms with van der Waals surface area (Å²) >= 11 is 0. The van der Waals surface area contributed by atoms with Gasteiger partial charge in [-0.15, -0.1) is 0 Å². The van der Waals surface area contributed by atoms with Crippen LogP contribution in [0.4, 0.5) is 0 Å². The molecule has 0 spiro atoms. The highest BCUT2D eigenvalue weighted by atomic mass is 16.5. The van der Waals surface area contributed by atoms with Crippen LogP contribution in [0.5, 0.6) is 0 Å². The fourth-order valence-electron chi connectivity index (χ4n) is 4.20. The topological polar surface area (TPSA) is 53.2 Å². The van der Waals surface area contributed by atoms with Gasteiger partial charge < -0.3 is 9.84 Å². The van der Waals surface area contributed by atoms with Crippen molar-refractivity contribution in [3.8, 4) is 6.07 Å². The molecule has 108 valence electrons. The van der Waals surface area contributed by atoms with Crippen molar-refractivity contribution in [1.29, 1.82) is 5.26 Å². The molecule has 0 aromatic carbocycles. The van der Waals surface area contributed by atoms with Crippen molar-refractivity contribution >= 4 is 0 Å². The molecule has 2 atom stereocenters. The number of hydrogen-bond acceptors (Lipinski definition) is 3. The maximum atomic E-state index is 11.2. The van der Waals surface area contributed by atoms with E-state index in [1.807, 2.05) is 0 Å². The van der Waals surface area contributed by atoms with E-state index in [0.717, 1.165) is 57.3 Å². The van der Waals surface area contributed by atoms with Crippen LogP contribution in [-0.4, -0.2) is 23.9 Å². The summed E-state index contributed by atoms with van der Waals surface area (Å²) in [4.78, 5) is 0. The van der Waals surface area contributed by atoms with Crippen LogP contribution in [0.1, 0.15) is 64.7 Å². The molecule has 2 aliphatic carbocycles. The van der Waals surface area contributed by atoms with Crippen LogP contribution in [-0.2, 0) is 4.74 Å². The first-order valence-corrected chi connectivity index (χ1v) is 7.78. The maximum Gasteiger partial charge on any atom is 0.109 e. The van der Waals surface area contributed by atoms with Crippen LogP contribution in [0.3, 0.4) is 0 Å². The summed E-state index contributed by atoms with van der Waals surface area (Å²) in [5.74, 6) is 0.731. The largest absolute Gasteiger partial charge is 0.386 e. The van der Waals surface area contributed by atoms with E-state index in [0.29, 0.717) is 0 Å². The zero-order valence-corrected chi connectivity index (χ0v) is 12.3. The summed E-state index contributed by atoms with van der Waals surface area (Å²) in [6.07, 6.45) is 8.54. The van der Waals surface area contributed by atoms with Crippen LogP contribution in [0.25, 0.3) is 0 Å². The van der Waals surface area contributed by atoms with Crippen LogP contribution in [0, 0.1) is 22.7 Å². The van der Waals surface area contributed by atoms with Gasteiger partial charge in [-0.2, -0.15) is 5.26 Å². The lowest BCUT2D eigenvalue weighted by atomic mass is 9.57. The molecule has 0 aliphatic heterocycles. The molecule has 1 N–H and O–H groups in total. The molecule has 0 amide bonds. The number of ether oxygens (including phenoxy) is 1. The van der Waals surface area contributed by atoms with Gasteiger partial charge in [-0.25, -0.2) is 0 Å². The number of nitriles is 1. The van der Waals surface area contributed by atoms with Crippen molar-refractivity contribution in [1.82, 2.24) is 0 Å². The Labute approximate surface area is 117 Å².